The first-order valence-corrected chi connectivity index (χ1v) is 7.89. The number of piperidine rings is 1. The van der Waals surface area contributed by atoms with Crippen LogP contribution in [0.3, 0.4) is 0 Å². The van der Waals surface area contributed by atoms with E-state index in [1.807, 2.05) is 0 Å². The predicted molar refractivity (Wildman–Crippen MR) is 85.3 cm³/mol. The van der Waals surface area contributed by atoms with Crippen LogP contribution in [0, 0.1) is 0 Å². The van der Waals surface area contributed by atoms with Crippen LogP contribution in [-0.2, 0) is 7.05 Å². The fourth-order valence-electron chi connectivity index (χ4n) is 2.73. The van der Waals surface area contributed by atoms with Crippen molar-refractivity contribution in [3.63, 3.8) is 0 Å². The molecule has 1 aliphatic heterocycles. The van der Waals surface area contributed by atoms with E-state index in [1.165, 1.54) is 4.68 Å². The average Bonchev–Trinajstić information content (AvgIpc) is 2.44. The summed E-state index contributed by atoms with van der Waals surface area (Å²) in [5, 5.41) is 4.12. The highest BCUT2D eigenvalue weighted by atomic mass is 79.9. The Balaban J connectivity index is 2.11. The van der Waals surface area contributed by atoms with Crippen molar-refractivity contribution >= 4 is 21.6 Å². The van der Waals surface area contributed by atoms with E-state index in [4.69, 9.17) is 0 Å². The topological polar surface area (TPSA) is 41.4 Å². The lowest BCUT2D eigenvalue weighted by Gasteiger charge is -2.39. The predicted octanol–water partition coefficient (Wildman–Crippen LogP) is 1.85. The standard InChI is InChI=1S/C14H23BrN4O/c1-10(2)19-7-5-11(6-8-19)17(3)12-9-16-18(4)14(20)13(12)15/h9-11H,5-8H2,1-4H3. The molecule has 6 heteroatoms. The largest absolute Gasteiger partial charge is 0.369 e. The van der Waals surface area contributed by atoms with E-state index in [1.54, 1.807) is 13.2 Å². The van der Waals surface area contributed by atoms with Crippen molar-refractivity contribution < 1.29 is 0 Å². The minimum atomic E-state index is -0.0889. The van der Waals surface area contributed by atoms with Crippen LogP contribution in [0.4, 0.5) is 5.69 Å². The van der Waals surface area contributed by atoms with Gasteiger partial charge in [0.25, 0.3) is 5.56 Å². The summed E-state index contributed by atoms with van der Waals surface area (Å²) >= 11 is 3.41. The van der Waals surface area contributed by atoms with Gasteiger partial charge in [-0.25, -0.2) is 4.68 Å². The maximum absolute atomic E-state index is 11.9. The van der Waals surface area contributed by atoms with Crippen LogP contribution >= 0.6 is 15.9 Å². The van der Waals surface area contributed by atoms with Crippen LogP contribution < -0.4 is 10.5 Å². The molecule has 0 amide bonds. The fraction of sp³-hybridized carbons (Fsp3) is 0.714. The van der Waals surface area contributed by atoms with Crippen LogP contribution in [0.2, 0.25) is 0 Å². The van der Waals surface area contributed by atoms with Gasteiger partial charge in [0.15, 0.2) is 0 Å². The first-order chi connectivity index (χ1) is 9.41. The van der Waals surface area contributed by atoms with Crippen molar-refractivity contribution in [2.24, 2.45) is 7.05 Å². The minimum absolute atomic E-state index is 0.0889. The van der Waals surface area contributed by atoms with E-state index in [2.05, 4.69) is 51.7 Å². The third kappa shape index (κ3) is 3.06. The van der Waals surface area contributed by atoms with Crippen LogP contribution in [0.15, 0.2) is 15.5 Å². The molecule has 0 saturated carbocycles. The molecule has 0 aromatic carbocycles. The van der Waals surface area contributed by atoms with E-state index >= 15 is 0 Å². The van der Waals surface area contributed by atoms with Gasteiger partial charge in [0.2, 0.25) is 0 Å². The van der Waals surface area contributed by atoms with Gasteiger partial charge < -0.3 is 9.80 Å². The molecule has 1 aromatic heterocycles. The van der Waals surface area contributed by atoms with E-state index in [-0.39, 0.29) is 5.56 Å². The summed E-state index contributed by atoms with van der Waals surface area (Å²) in [5.74, 6) is 0. The van der Waals surface area contributed by atoms with Crippen molar-refractivity contribution in [1.82, 2.24) is 14.7 Å². The van der Waals surface area contributed by atoms with Crippen LogP contribution in [0.5, 0.6) is 0 Å². The summed E-state index contributed by atoms with van der Waals surface area (Å²) in [7, 11) is 3.72. The highest BCUT2D eigenvalue weighted by Crippen LogP contribution is 2.26. The van der Waals surface area contributed by atoms with Gasteiger partial charge in [0.1, 0.15) is 4.47 Å². The van der Waals surface area contributed by atoms with Crippen molar-refractivity contribution in [2.75, 3.05) is 25.0 Å². The second-order valence-corrected chi connectivity index (χ2v) is 6.54. The van der Waals surface area contributed by atoms with Gasteiger partial charge in [0, 0.05) is 39.3 Å². The summed E-state index contributed by atoms with van der Waals surface area (Å²) in [5.41, 5.74) is 0.796. The number of anilines is 1. The third-order valence-corrected chi connectivity index (χ3v) is 4.96. The Hall–Kier alpha value is -0.880. The summed E-state index contributed by atoms with van der Waals surface area (Å²) in [6.45, 7) is 6.71. The molecule has 1 fully saturated rings. The van der Waals surface area contributed by atoms with Crippen molar-refractivity contribution in [1.29, 1.82) is 0 Å². The first kappa shape index (κ1) is 15.5. The molecule has 112 valence electrons. The van der Waals surface area contributed by atoms with E-state index < -0.39 is 0 Å². The summed E-state index contributed by atoms with van der Waals surface area (Å²) in [6, 6.07) is 1.08. The van der Waals surface area contributed by atoms with Gasteiger partial charge in [-0.3, -0.25) is 4.79 Å². The molecule has 0 atom stereocenters. The SMILES string of the molecule is CC(C)N1CCC(N(C)c2cnn(C)c(=O)c2Br)CC1. The van der Waals surface area contributed by atoms with E-state index in [9.17, 15) is 4.79 Å². The second-order valence-electron chi connectivity index (χ2n) is 5.74. The van der Waals surface area contributed by atoms with Crippen LogP contribution in [-0.4, -0.2) is 46.9 Å². The molecule has 0 unspecified atom stereocenters. The molecule has 2 heterocycles. The summed E-state index contributed by atoms with van der Waals surface area (Å²) in [6.07, 6.45) is 4.01. The summed E-state index contributed by atoms with van der Waals surface area (Å²) in [4.78, 5) is 16.6. The highest BCUT2D eigenvalue weighted by molar-refractivity contribution is 9.10. The molecule has 0 bridgehead atoms. The molecule has 5 nitrogen and oxygen atoms in total. The van der Waals surface area contributed by atoms with Gasteiger partial charge in [-0.15, -0.1) is 0 Å². The van der Waals surface area contributed by atoms with Gasteiger partial charge in [-0.2, -0.15) is 5.10 Å². The van der Waals surface area contributed by atoms with Gasteiger partial charge in [-0.1, -0.05) is 0 Å². The molecule has 1 saturated heterocycles. The zero-order valence-electron chi connectivity index (χ0n) is 12.6. The van der Waals surface area contributed by atoms with Crippen LogP contribution in [0.25, 0.3) is 0 Å². The lowest BCUT2D eigenvalue weighted by atomic mass is 10.0. The number of hydrogen-bond donors (Lipinski definition) is 0. The number of hydrogen-bond acceptors (Lipinski definition) is 4. The molecule has 0 radical (unpaired) electrons. The Kier molecular flexibility index (Phi) is 4.86. The van der Waals surface area contributed by atoms with Gasteiger partial charge in [-0.05, 0) is 42.6 Å². The number of nitrogens with zero attached hydrogens (tertiary/aromatic N) is 4. The Labute approximate surface area is 128 Å². The molecule has 1 aliphatic rings. The average molecular weight is 343 g/mol. The molecule has 20 heavy (non-hydrogen) atoms. The smallest absolute Gasteiger partial charge is 0.282 e. The Morgan fingerprint density at radius 2 is 2.00 bits per heavy atom. The third-order valence-electron chi connectivity index (χ3n) is 4.22. The highest BCUT2D eigenvalue weighted by Gasteiger charge is 2.25. The van der Waals surface area contributed by atoms with Crippen molar-refractivity contribution in [3.05, 3.63) is 21.0 Å². The quantitative estimate of drug-likeness (QED) is 0.840. The second kappa shape index (κ2) is 6.26. The Morgan fingerprint density at radius 1 is 1.40 bits per heavy atom. The molecule has 1 aromatic rings. The Bertz CT molecular complexity index is 520. The molecule has 2 rings (SSSR count). The number of likely N-dealkylation sites (tertiary alicyclic amines) is 1. The Morgan fingerprint density at radius 3 is 2.55 bits per heavy atom. The molecule has 0 aliphatic carbocycles. The molecule has 0 spiro atoms. The van der Waals surface area contributed by atoms with Crippen molar-refractivity contribution in [3.8, 4) is 0 Å². The van der Waals surface area contributed by atoms with Gasteiger partial charge >= 0.3 is 0 Å². The number of rotatable bonds is 3. The zero-order chi connectivity index (χ0) is 14.9. The van der Waals surface area contributed by atoms with Crippen molar-refractivity contribution in [2.45, 2.75) is 38.8 Å². The van der Waals surface area contributed by atoms with E-state index in [0.29, 0.717) is 16.6 Å². The number of aryl methyl sites for hydroxylation is 1. The molecule has 0 N–H and O–H groups in total. The van der Waals surface area contributed by atoms with Crippen LogP contribution in [0.1, 0.15) is 26.7 Å². The normalized spacial score (nSPS) is 17.7. The fourth-order valence-corrected chi connectivity index (χ4v) is 3.37. The van der Waals surface area contributed by atoms with Gasteiger partial charge in [0.05, 0.1) is 11.9 Å². The number of halogens is 1. The first-order valence-electron chi connectivity index (χ1n) is 7.10. The lowest BCUT2D eigenvalue weighted by Crippen LogP contribution is -2.46. The molecular weight excluding hydrogens is 320 g/mol. The summed E-state index contributed by atoms with van der Waals surface area (Å²) < 4.78 is 1.95. The maximum atomic E-state index is 11.9. The minimum Gasteiger partial charge on any atom is -0.369 e. The monoisotopic (exact) mass is 342 g/mol. The van der Waals surface area contributed by atoms with E-state index in [0.717, 1.165) is 31.6 Å². The number of aromatic nitrogens is 2. The lowest BCUT2D eigenvalue weighted by molar-refractivity contribution is 0.171. The maximum Gasteiger partial charge on any atom is 0.282 e. The zero-order valence-corrected chi connectivity index (χ0v) is 14.2. The molecular formula is C14H23BrN4O.